The van der Waals surface area contributed by atoms with Crippen LogP contribution in [0.4, 0.5) is 0 Å². The lowest BCUT2D eigenvalue weighted by Crippen LogP contribution is -2.41. The molecule has 3 N–H and O–H groups in total. The van der Waals surface area contributed by atoms with Gasteiger partial charge in [-0.25, -0.2) is 0 Å². The number of amides is 1. The van der Waals surface area contributed by atoms with Crippen molar-refractivity contribution in [2.75, 3.05) is 32.8 Å². The molecule has 0 unspecified atom stereocenters. The molecule has 0 spiro atoms. The van der Waals surface area contributed by atoms with Crippen molar-refractivity contribution in [1.82, 2.24) is 5.32 Å². The fourth-order valence-corrected chi connectivity index (χ4v) is 2.39. The maximum absolute atomic E-state index is 11.8. The first kappa shape index (κ1) is 20.9. The lowest BCUT2D eigenvalue weighted by atomic mass is 10.1. The Kier molecular flexibility index (Phi) is 10.9. The molecule has 0 aromatic heterocycles. The zero-order chi connectivity index (χ0) is 15.7. The van der Waals surface area contributed by atoms with E-state index in [-0.39, 0.29) is 18.3 Å². The van der Waals surface area contributed by atoms with Crippen LogP contribution in [0.2, 0.25) is 0 Å². The molecule has 1 rings (SSSR count). The van der Waals surface area contributed by atoms with Crippen LogP contribution in [-0.4, -0.2) is 44.7 Å². The van der Waals surface area contributed by atoms with Crippen molar-refractivity contribution < 1.29 is 14.3 Å². The van der Waals surface area contributed by atoms with Crippen LogP contribution >= 0.6 is 24.2 Å². The van der Waals surface area contributed by atoms with Crippen LogP contribution in [0.3, 0.4) is 0 Å². The summed E-state index contributed by atoms with van der Waals surface area (Å²) in [6.45, 7) is 0.523. The third-order valence-electron chi connectivity index (χ3n) is 3.15. The SMILES string of the molecule is COc1ccc(OC)c(CCNC(=O)[C@@H](N)CCSC)c1.Cl. The van der Waals surface area contributed by atoms with E-state index in [2.05, 4.69) is 5.32 Å². The van der Waals surface area contributed by atoms with Gasteiger partial charge in [-0.15, -0.1) is 12.4 Å². The van der Waals surface area contributed by atoms with E-state index in [4.69, 9.17) is 15.2 Å². The third kappa shape index (κ3) is 6.77. The number of thioether (sulfide) groups is 1. The summed E-state index contributed by atoms with van der Waals surface area (Å²) < 4.78 is 10.5. The maximum Gasteiger partial charge on any atom is 0.236 e. The molecule has 5 nitrogen and oxygen atoms in total. The molecule has 126 valence electrons. The molecule has 1 aromatic carbocycles. The van der Waals surface area contributed by atoms with Gasteiger partial charge >= 0.3 is 0 Å². The van der Waals surface area contributed by atoms with Gasteiger partial charge in [0, 0.05) is 6.54 Å². The molecular weight excluding hydrogens is 324 g/mol. The second-order valence-electron chi connectivity index (χ2n) is 4.61. The molecule has 0 fully saturated rings. The van der Waals surface area contributed by atoms with E-state index < -0.39 is 6.04 Å². The first-order valence-electron chi connectivity index (χ1n) is 6.85. The fraction of sp³-hybridized carbons (Fsp3) is 0.533. The Morgan fingerprint density at radius 2 is 2.09 bits per heavy atom. The van der Waals surface area contributed by atoms with Crippen molar-refractivity contribution in [2.45, 2.75) is 18.9 Å². The predicted octanol–water partition coefficient (Wildman–Crippen LogP) is 1.86. The number of benzene rings is 1. The molecule has 7 heteroatoms. The molecule has 0 aliphatic rings. The number of carbonyl (C=O) groups is 1. The standard InChI is InChI=1S/C15H24N2O3S.ClH/c1-19-12-4-5-14(20-2)11(10-12)6-8-17-15(18)13(16)7-9-21-3;/h4-5,10,13H,6-9,16H2,1-3H3,(H,17,18);1H/t13-;/m0./s1. The first-order valence-corrected chi connectivity index (χ1v) is 8.25. The van der Waals surface area contributed by atoms with Crippen LogP contribution in [0.25, 0.3) is 0 Å². The number of nitrogens with two attached hydrogens (primary N) is 1. The molecule has 0 aliphatic carbocycles. The molecule has 1 atom stereocenters. The number of ether oxygens (including phenoxy) is 2. The minimum Gasteiger partial charge on any atom is -0.497 e. The molecule has 0 radical (unpaired) electrons. The molecule has 0 heterocycles. The fourth-order valence-electron chi connectivity index (χ4n) is 1.90. The Hall–Kier alpha value is -1.11. The summed E-state index contributed by atoms with van der Waals surface area (Å²) in [6, 6.07) is 5.18. The predicted molar refractivity (Wildman–Crippen MR) is 94.5 cm³/mol. The largest absolute Gasteiger partial charge is 0.497 e. The van der Waals surface area contributed by atoms with Crippen LogP contribution in [0, 0.1) is 0 Å². The summed E-state index contributed by atoms with van der Waals surface area (Å²) in [5.41, 5.74) is 6.81. The van der Waals surface area contributed by atoms with Crippen molar-refractivity contribution in [3.05, 3.63) is 23.8 Å². The van der Waals surface area contributed by atoms with Gasteiger partial charge in [0.25, 0.3) is 0 Å². The van der Waals surface area contributed by atoms with Crippen LogP contribution in [0.15, 0.2) is 18.2 Å². The smallest absolute Gasteiger partial charge is 0.236 e. The van der Waals surface area contributed by atoms with Gasteiger partial charge in [-0.3, -0.25) is 4.79 Å². The van der Waals surface area contributed by atoms with E-state index in [0.29, 0.717) is 19.4 Å². The average molecular weight is 349 g/mol. The van der Waals surface area contributed by atoms with Gasteiger partial charge < -0.3 is 20.5 Å². The molecule has 0 bridgehead atoms. The summed E-state index contributed by atoms with van der Waals surface area (Å²) >= 11 is 1.69. The van der Waals surface area contributed by atoms with Crippen molar-refractivity contribution in [3.8, 4) is 11.5 Å². The third-order valence-corrected chi connectivity index (χ3v) is 3.79. The Balaban J connectivity index is 0.00000441. The quantitative estimate of drug-likeness (QED) is 0.712. The van der Waals surface area contributed by atoms with E-state index >= 15 is 0 Å². The lowest BCUT2D eigenvalue weighted by molar-refractivity contribution is -0.122. The van der Waals surface area contributed by atoms with Gasteiger partial charge in [-0.05, 0) is 48.6 Å². The van der Waals surface area contributed by atoms with Crippen molar-refractivity contribution in [2.24, 2.45) is 5.73 Å². The number of hydrogen-bond donors (Lipinski definition) is 2. The van der Waals surface area contributed by atoms with Crippen LogP contribution in [0.1, 0.15) is 12.0 Å². The van der Waals surface area contributed by atoms with Gasteiger partial charge in [0.2, 0.25) is 5.91 Å². The minimum absolute atomic E-state index is 0. The molecule has 1 aromatic rings. The summed E-state index contributed by atoms with van der Waals surface area (Å²) in [5, 5.41) is 2.86. The molecule has 1 amide bonds. The van der Waals surface area contributed by atoms with Crippen LogP contribution < -0.4 is 20.5 Å². The highest BCUT2D eigenvalue weighted by Gasteiger charge is 2.12. The number of halogens is 1. The highest BCUT2D eigenvalue weighted by Crippen LogP contribution is 2.24. The van der Waals surface area contributed by atoms with E-state index in [1.165, 1.54) is 0 Å². The second-order valence-corrected chi connectivity index (χ2v) is 5.59. The van der Waals surface area contributed by atoms with Gasteiger partial charge in [0.15, 0.2) is 0 Å². The van der Waals surface area contributed by atoms with Crippen molar-refractivity contribution in [1.29, 1.82) is 0 Å². The molecule has 22 heavy (non-hydrogen) atoms. The number of nitrogens with one attached hydrogen (secondary N) is 1. The van der Waals surface area contributed by atoms with Gasteiger partial charge in [0.05, 0.1) is 20.3 Å². The van der Waals surface area contributed by atoms with Gasteiger partial charge in [-0.2, -0.15) is 11.8 Å². The number of hydrogen-bond acceptors (Lipinski definition) is 5. The maximum atomic E-state index is 11.8. The van der Waals surface area contributed by atoms with E-state index in [9.17, 15) is 4.79 Å². The van der Waals surface area contributed by atoms with Gasteiger partial charge in [0.1, 0.15) is 11.5 Å². The molecule has 0 aliphatic heterocycles. The Bertz CT molecular complexity index is 460. The molecular formula is C15H25ClN2O3S. The molecule has 0 saturated carbocycles. The number of rotatable bonds is 9. The first-order chi connectivity index (χ1) is 10.1. The normalized spacial score (nSPS) is 11.3. The summed E-state index contributed by atoms with van der Waals surface area (Å²) in [7, 11) is 3.25. The zero-order valence-corrected chi connectivity index (χ0v) is 14.9. The summed E-state index contributed by atoms with van der Waals surface area (Å²) in [6.07, 6.45) is 3.36. The summed E-state index contributed by atoms with van der Waals surface area (Å²) in [5.74, 6) is 2.34. The second kappa shape index (κ2) is 11.5. The topological polar surface area (TPSA) is 73.6 Å². The Labute approximate surface area is 142 Å². The monoisotopic (exact) mass is 348 g/mol. The minimum atomic E-state index is -0.440. The average Bonchev–Trinajstić information content (AvgIpc) is 2.52. The van der Waals surface area contributed by atoms with E-state index in [1.54, 1.807) is 26.0 Å². The lowest BCUT2D eigenvalue weighted by Gasteiger charge is -2.13. The molecule has 0 saturated heterocycles. The van der Waals surface area contributed by atoms with E-state index in [0.717, 1.165) is 22.8 Å². The van der Waals surface area contributed by atoms with Gasteiger partial charge in [-0.1, -0.05) is 0 Å². The van der Waals surface area contributed by atoms with Crippen molar-refractivity contribution >= 4 is 30.1 Å². The highest BCUT2D eigenvalue weighted by molar-refractivity contribution is 7.98. The highest BCUT2D eigenvalue weighted by atomic mass is 35.5. The zero-order valence-electron chi connectivity index (χ0n) is 13.3. The van der Waals surface area contributed by atoms with Crippen LogP contribution in [-0.2, 0) is 11.2 Å². The Morgan fingerprint density at radius 1 is 1.36 bits per heavy atom. The number of methoxy groups -OCH3 is 2. The van der Waals surface area contributed by atoms with E-state index in [1.807, 2.05) is 24.5 Å². The number of carbonyl (C=O) groups excluding carboxylic acids is 1. The van der Waals surface area contributed by atoms with Crippen molar-refractivity contribution in [3.63, 3.8) is 0 Å². The van der Waals surface area contributed by atoms with Crippen LogP contribution in [0.5, 0.6) is 11.5 Å². The summed E-state index contributed by atoms with van der Waals surface area (Å²) in [4.78, 5) is 11.8. The Morgan fingerprint density at radius 3 is 2.68 bits per heavy atom.